The largest absolute Gasteiger partial charge is 0.370 e. The molecule has 1 saturated carbocycles. The molecule has 21 heavy (non-hydrogen) atoms. The zero-order valence-corrected chi connectivity index (χ0v) is 13.5. The van der Waals surface area contributed by atoms with Gasteiger partial charge in [0.05, 0.1) is 10.8 Å². The molecule has 5 heteroatoms. The Labute approximate surface area is 134 Å². The zero-order chi connectivity index (χ0) is 14.7. The van der Waals surface area contributed by atoms with E-state index in [4.69, 9.17) is 16.6 Å². The summed E-state index contributed by atoms with van der Waals surface area (Å²) in [6.45, 7) is 2.95. The molecule has 1 aromatic carbocycles. The third-order valence-corrected chi connectivity index (χ3v) is 4.85. The second kappa shape index (κ2) is 6.67. The van der Waals surface area contributed by atoms with Crippen molar-refractivity contribution in [2.24, 2.45) is 0 Å². The van der Waals surface area contributed by atoms with Gasteiger partial charge in [-0.1, -0.05) is 23.7 Å². The predicted molar refractivity (Wildman–Crippen MR) is 89.2 cm³/mol. The Morgan fingerprint density at radius 2 is 2.10 bits per heavy atom. The van der Waals surface area contributed by atoms with Crippen LogP contribution in [0.5, 0.6) is 0 Å². The molecule has 2 aromatic rings. The van der Waals surface area contributed by atoms with Crippen molar-refractivity contribution >= 4 is 29.2 Å². The Bertz CT molecular complexity index is 629. The number of halogens is 1. The minimum Gasteiger partial charge on any atom is -0.370 e. The van der Waals surface area contributed by atoms with E-state index in [0.29, 0.717) is 5.92 Å². The van der Waals surface area contributed by atoms with E-state index in [9.17, 15) is 0 Å². The zero-order valence-electron chi connectivity index (χ0n) is 12.0. The van der Waals surface area contributed by atoms with Gasteiger partial charge in [-0.15, -0.1) is 11.8 Å². The van der Waals surface area contributed by atoms with E-state index >= 15 is 0 Å². The van der Waals surface area contributed by atoms with Crippen molar-refractivity contribution in [3.05, 3.63) is 46.9 Å². The number of benzene rings is 1. The average Bonchev–Trinajstić information content (AvgIpc) is 3.31. The summed E-state index contributed by atoms with van der Waals surface area (Å²) in [6, 6.07) is 9.98. The Morgan fingerprint density at radius 1 is 1.29 bits per heavy atom. The van der Waals surface area contributed by atoms with E-state index in [-0.39, 0.29) is 0 Å². The van der Waals surface area contributed by atoms with Gasteiger partial charge < -0.3 is 5.32 Å². The maximum atomic E-state index is 6.19. The first-order chi connectivity index (χ1) is 10.3. The first-order valence-corrected chi connectivity index (χ1v) is 8.61. The summed E-state index contributed by atoms with van der Waals surface area (Å²) in [6.07, 6.45) is 2.50. The third kappa shape index (κ3) is 3.89. The molecular formula is C16H18ClN3S. The van der Waals surface area contributed by atoms with Gasteiger partial charge >= 0.3 is 0 Å². The first-order valence-electron chi connectivity index (χ1n) is 7.25. The molecule has 0 aliphatic heterocycles. The lowest BCUT2D eigenvalue weighted by Crippen LogP contribution is -2.05. The van der Waals surface area contributed by atoms with Crippen LogP contribution in [0.3, 0.4) is 0 Å². The van der Waals surface area contributed by atoms with Gasteiger partial charge in [-0.25, -0.2) is 9.97 Å². The molecule has 1 aromatic heterocycles. The van der Waals surface area contributed by atoms with Gasteiger partial charge in [0.1, 0.15) is 11.6 Å². The molecule has 1 aliphatic rings. The van der Waals surface area contributed by atoms with Crippen LogP contribution in [-0.4, -0.2) is 16.5 Å². The van der Waals surface area contributed by atoms with Crippen LogP contribution in [0.2, 0.25) is 5.02 Å². The number of hydrogen-bond donors (Lipinski definition) is 1. The lowest BCUT2D eigenvalue weighted by atomic mass is 10.2. The summed E-state index contributed by atoms with van der Waals surface area (Å²) in [5.41, 5.74) is 1.18. The van der Waals surface area contributed by atoms with Crippen LogP contribution in [0.15, 0.2) is 35.2 Å². The topological polar surface area (TPSA) is 37.8 Å². The Hall–Kier alpha value is -1.26. The van der Waals surface area contributed by atoms with Crippen molar-refractivity contribution in [2.75, 3.05) is 11.9 Å². The summed E-state index contributed by atoms with van der Waals surface area (Å²) in [7, 11) is 0. The summed E-state index contributed by atoms with van der Waals surface area (Å²) >= 11 is 7.87. The Kier molecular flexibility index (Phi) is 4.66. The number of hydrogen-bond acceptors (Lipinski definition) is 4. The third-order valence-electron chi connectivity index (χ3n) is 3.34. The lowest BCUT2D eigenvalue weighted by molar-refractivity contribution is 0.928. The molecule has 1 aliphatic carbocycles. The highest BCUT2D eigenvalue weighted by Gasteiger charge is 2.26. The molecule has 0 radical (unpaired) electrons. The van der Waals surface area contributed by atoms with Crippen molar-refractivity contribution < 1.29 is 0 Å². The average molecular weight is 320 g/mol. The highest BCUT2D eigenvalue weighted by atomic mass is 35.5. The van der Waals surface area contributed by atoms with Gasteiger partial charge in [0.2, 0.25) is 0 Å². The highest BCUT2D eigenvalue weighted by molar-refractivity contribution is 7.98. The number of thioether (sulfide) groups is 1. The van der Waals surface area contributed by atoms with Crippen LogP contribution < -0.4 is 5.32 Å². The van der Waals surface area contributed by atoms with Crippen LogP contribution >= 0.6 is 23.4 Å². The summed E-state index contributed by atoms with van der Waals surface area (Å²) in [4.78, 5) is 10.4. The molecule has 3 rings (SSSR count). The molecule has 0 spiro atoms. The van der Waals surface area contributed by atoms with Crippen LogP contribution in [0, 0.1) is 0 Å². The van der Waals surface area contributed by atoms with E-state index < -0.39 is 0 Å². The normalized spacial score (nSPS) is 14.2. The standard InChI is InChI=1S/C16H18ClN3S/c1-2-18-15-9-13(11-7-8-11)19-16(20-15)10-21-14-6-4-3-5-12(14)17/h3-6,9,11H,2,7-8,10H2,1H3,(H,18,19,20). The molecule has 0 saturated heterocycles. The van der Waals surface area contributed by atoms with E-state index in [1.54, 1.807) is 11.8 Å². The molecule has 0 unspecified atom stereocenters. The fourth-order valence-corrected chi connectivity index (χ4v) is 3.24. The quantitative estimate of drug-likeness (QED) is 0.781. The van der Waals surface area contributed by atoms with Gasteiger partial charge in [0, 0.05) is 29.1 Å². The van der Waals surface area contributed by atoms with Gasteiger partial charge in [-0.2, -0.15) is 0 Å². The molecular weight excluding hydrogens is 302 g/mol. The fraction of sp³-hybridized carbons (Fsp3) is 0.375. The second-order valence-electron chi connectivity index (χ2n) is 5.12. The molecule has 1 heterocycles. The van der Waals surface area contributed by atoms with Gasteiger partial charge in [-0.05, 0) is 31.9 Å². The number of nitrogens with one attached hydrogen (secondary N) is 1. The maximum Gasteiger partial charge on any atom is 0.141 e. The summed E-state index contributed by atoms with van der Waals surface area (Å²) in [5.74, 6) is 3.18. The minimum absolute atomic E-state index is 0.634. The number of rotatable bonds is 6. The molecule has 0 bridgehead atoms. The highest BCUT2D eigenvalue weighted by Crippen LogP contribution is 2.40. The molecule has 3 nitrogen and oxygen atoms in total. The van der Waals surface area contributed by atoms with Gasteiger partial charge in [0.25, 0.3) is 0 Å². The Balaban J connectivity index is 1.76. The first kappa shape index (κ1) is 14.7. The van der Waals surface area contributed by atoms with E-state index in [2.05, 4.69) is 23.3 Å². The smallest absolute Gasteiger partial charge is 0.141 e. The summed E-state index contributed by atoms with van der Waals surface area (Å²) in [5, 5.41) is 4.08. The van der Waals surface area contributed by atoms with Crippen molar-refractivity contribution in [1.29, 1.82) is 0 Å². The molecule has 0 atom stereocenters. The van der Waals surface area contributed by atoms with Crippen molar-refractivity contribution in [3.8, 4) is 0 Å². The number of nitrogens with zero attached hydrogens (tertiary/aromatic N) is 2. The minimum atomic E-state index is 0.634. The predicted octanol–water partition coefficient (Wildman–Crippen LogP) is 4.73. The van der Waals surface area contributed by atoms with Crippen LogP contribution in [0.1, 0.15) is 37.2 Å². The van der Waals surface area contributed by atoms with E-state index in [1.807, 2.05) is 24.3 Å². The number of anilines is 1. The van der Waals surface area contributed by atoms with E-state index in [0.717, 1.165) is 33.9 Å². The molecule has 1 fully saturated rings. The maximum absolute atomic E-state index is 6.19. The molecule has 1 N–H and O–H groups in total. The summed E-state index contributed by atoms with van der Waals surface area (Å²) < 4.78 is 0. The van der Waals surface area contributed by atoms with Gasteiger partial charge in [0.15, 0.2) is 0 Å². The monoisotopic (exact) mass is 319 g/mol. The van der Waals surface area contributed by atoms with Crippen molar-refractivity contribution in [2.45, 2.75) is 36.3 Å². The number of aromatic nitrogens is 2. The van der Waals surface area contributed by atoms with Crippen LogP contribution in [0.25, 0.3) is 0 Å². The SMILES string of the molecule is CCNc1cc(C2CC2)nc(CSc2ccccc2Cl)n1. The fourth-order valence-electron chi connectivity index (χ4n) is 2.15. The van der Waals surface area contributed by atoms with E-state index in [1.165, 1.54) is 18.5 Å². The van der Waals surface area contributed by atoms with Crippen molar-refractivity contribution in [3.63, 3.8) is 0 Å². The van der Waals surface area contributed by atoms with Crippen molar-refractivity contribution in [1.82, 2.24) is 9.97 Å². The Morgan fingerprint density at radius 3 is 2.81 bits per heavy atom. The molecule has 110 valence electrons. The van der Waals surface area contributed by atoms with Crippen LogP contribution in [0.4, 0.5) is 5.82 Å². The second-order valence-corrected chi connectivity index (χ2v) is 6.54. The van der Waals surface area contributed by atoms with Gasteiger partial charge in [-0.3, -0.25) is 0 Å². The lowest BCUT2D eigenvalue weighted by Gasteiger charge is -2.09. The molecule has 0 amide bonds. The van der Waals surface area contributed by atoms with Crippen LogP contribution in [-0.2, 0) is 5.75 Å².